The highest BCUT2D eigenvalue weighted by molar-refractivity contribution is 9.10. The number of hydrogen-bond acceptors (Lipinski definition) is 2. The number of ether oxygens (including phenoxy) is 1. The van der Waals surface area contributed by atoms with Crippen LogP contribution in [0, 0.1) is 0 Å². The first-order valence-corrected chi connectivity index (χ1v) is 4.81. The summed E-state index contributed by atoms with van der Waals surface area (Å²) >= 11 is 3.31. The number of urea groups is 1. The van der Waals surface area contributed by atoms with Crippen molar-refractivity contribution in [3.05, 3.63) is 28.7 Å². The van der Waals surface area contributed by atoms with Crippen molar-refractivity contribution in [1.29, 1.82) is 0 Å². The smallest absolute Gasteiger partial charge is 0.321 e. The normalized spacial score (nSPS) is 9.57. The fourth-order valence-corrected chi connectivity index (χ4v) is 1.11. The zero-order valence-electron chi connectivity index (χ0n) is 7.71. The number of methoxy groups -OCH3 is 1. The van der Waals surface area contributed by atoms with Crippen LogP contribution >= 0.6 is 15.9 Å². The van der Waals surface area contributed by atoms with E-state index in [2.05, 4.69) is 31.3 Å². The van der Waals surface area contributed by atoms with Gasteiger partial charge < -0.3 is 15.4 Å². The molecule has 1 rings (SSSR count). The van der Waals surface area contributed by atoms with Gasteiger partial charge in [-0.15, -0.1) is 0 Å². The molecule has 0 saturated heterocycles. The Labute approximate surface area is 90.8 Å². The Bertz CT molecular complexity index is 300. The Kier molecular flexibility index (Phi) is 4.42. The lowest BCUT2D eigenvalue weighted by atomic mass is 10.3. The minimum atomic E-state index is -0.283. The van der Waals surface area contributed by atoms with Gasteiger partial charge in [0.05, 0.1) is 0 Å². The Morgan fingerprint density at radius 2 is 2.07 bits per heavy atom. The SMILES string of the molecule is COCNC(=O)Nc1ccc(Br)cc1. The molecule has 0 aliphatic carbocycles. The van der Waals surface area contributed by atoms with Crippen molar-refractivity contribution in [2.75, 3.05) is 19.2 Å². The summed E-state index contributed by atoms with van der Waals surface area (Å²) in [6, 6.07) is 7.03. The van der Waals surface area contributed by atoms with Gasteiger partial charge in [-0.2, -0.15) is 0 Å². The molecule has 0 radical (unpaired) electrons. The van der Waals surface area contributed by atoms with E-state index in [0.717, 1.165) is 10.2 Å². The predicted molar refractivity (Wildman–Crippen MR) is 58.2 cm³/mol. The van der Waals surface area contributed by atoms with E-state index in [1.54, 1.807) is 12.1 Å². The molecule has 0 fully saturated rings. The van der Waals surface area contributed by atoms with Crippen molar-refractivity contribution < 1.29 is 9.53 Å². The van der Waals surface area contributed by atoms with E-state index in [4.69, 9.17) is 0 Å². The summed E-state index contributed by atoms with van der Waals surface area (Å²) in [7, 11) is 1.51. The lowest BCUT2D eigenvalue weighted by Crippen LogP contribution is -2.30. The van der Waals surface area contributed by atoms with Gasteiger partial charge >= 0.3 is 6.03 Å². The topological polar surface area (TPSA) is 50.4 Å². The molecule has 0 spiro atoms. The molecule has 0 bridgehead atoms. The van der Waals surface area contributed by atoms with Crippen LogP contribution in [-0.2, 0) is 4.74 Å². The zero-order valence-corrected chi connectivity index (χ0v) is 9.30. The number of carbonyl (C=O) groups is 1. The van der Waals surface area contributed by atoms with E-state index in [1.165, 1.54) is 7.11 Å². The Morgan fingerprint density at radius 3 is 2.64 bits per heavy atom. The molecule has 2 N–H and O–H groups in total. The highest BCUT2D eigenvalue weighted by Gasteiger charge is 1.99. The maximum atomic E-state index is 11.1. The second kappa shape index (κ2) is 5.62. The average Bonchev–Trinajstić information content (AvgIpc) is 2.18. The molecule has 4 nitrogen and oxygen atoms in total. The van der Waals surface area contributed by atoms with Gasteiger partial charge in [-0.3, -0.25) is 0 Å². The Balaban J connectivity index is 2.44. The second-order valence-electron chi connectivity index (χ2n) is 2.57. The van der Waals surface area contributed by atoms with Crippen molar-refractivity contribution in [2.45, 2.75) is 0 Å². The number of benzene rings is 1. The maximum absolute atomic E-state index is 11.1. The molecular weight excluding hydrogens is 248 g/mol. The second-order valence-corrected chi connectivity index (χ2v) is 3.49. The van der Waals surface area contributed by atoms with Crippen LogP contribution in [0.1, 0.15) is 0 Å². The molecule has 76 valence electrons. The number of carbonyl (C=O) groups excluding carboxylic acids is 1. The lowest BCUT2D eigenvalue weighted by molar-refractivity contribution is 0.177. The molecule has 0 atom stereocenters. The van der Waals surface area contributed by atoms with Gasteiger partial charge in [0.15, 0.2) is 0 Å². The van der Waals surface area contributed by atoms with Gasteiger partial charge in [0, 0.05) is 17.3 Å². The van der Waals surface area contributed by atoms with Crippen molar-refractivity contribution in [2.24, 2.45) is 0 Å². The van der Waals surface area contributed by atoms with Crippen LogP contribution in [0.25, 0.3) is 0 Å². The molecule has 1 aromatic carbocycles. The van der Waals surface area contributed by atoms with Crippen LogP contribution in [0.15, 0.2) is 28.7 Å². The third-order valence-corrected chi connectivity index (χ3v) is 2.01. The molecule has 0 heterocycles. The average molecular weight is 259 g/mol. The summed E-state index contributed by atoms with van der Waals surface area (Å²) in [6.45, 7) is 0.197. The number of anilines is 1. The molecule has 0 unspecified atom stereocenters. The first kappa shape index (κ1) is 11.0. The van der Waals surface area contributed by atoms with Gasteiger partial charge in [-0.1, -0.05) is 15.9 Å². The van der Waals surface area contributed by atoms with Crippen molar-refractivity contribution in [1.82, 2.24) is 5.32 Å². The van der Waals surface area contributed by atoms with Gasteiger partial charge in [0.25, 0.3) is 0 Å². The summed E-state index contributed by atoms with van der Waals surface area (Å²) in [5.41, 5.74) is 0.738. The summed E-state index contributed by atoms with van der Waals surface area (Å²) in [5, 5.41) is 5.16. The quantitative estimate of drug-likeness (QED) is 0.817. The van der Waals surface area contributed by atoms with Crippen LogP contribution in [0.4, 0.5) is 10.5 Å². The van der Waals surface area contributed by atoms with Crippen LogP contribution in [0.5, 0.6) is 0 Å². The van der Waals surface area contributed by atoms with Crippen molar-refractivity contribution in [3.63, 3.8) is 0 Å². The summed E-state index contributed by atoms with van der Waals surface area (Å²) in [6.07, 6.45) is 0. The number of halogens is 1. The van der Waals surface area contributed by atoms with E-state index in [-0.39, 0.29) is 12.8 Å². The summed E-state index contributed by atoms with van der Waals surface area (Å²) in [4.78, 5) is 11.1. The third-order valence-electron chi connectivity index (χ3n) is 1.48. The van der Waals surface area contributed by atoms with E-state index in [9.17, 15) is 4.79 Å². The van der Waals surface area contributed by atoms with Gasteiger partial charge in [-0.05, 0) is 24.3 Å². The largest absolute Gasteiger partial charge is 0.364 e. The molecule has 5 heteroatoms. The number of hydrogen-bond donors (Lipinski definition) is 2. The highest BCUT2D eigenvalue weighted by atomic mass is 79.9. The summed E-state index contributed by atoms with van der Waals surface area (Å²) < 4.78 is 5.66. The zero-order chi connectivity index (χ0) is 10.4. The molecule has 14 heavy (non-hydrogen) atoms. The van der Waals surface area contributed by atoms with E-state index in [0.29, 0.717) is 0 Å². The molecular formula is C9H11BrN2O2. The number of rotatable bonds is 3. The van der Waals surface area contributed by atoms with Crippen LogP contribution in [0.2, 0.25) is 0 Å². The monoisotopic (exact) mass is 258 g/mol. The van der Waals surface area contributed by atoms with Gasteiger partial charge in [0.2, 0.25) is 0 Å². The first-order valence-electron chi connectivity index (χ1n) is 4.01. The van der Waals surface area contributed by atoms with E-state index >= 15 is 0 Å². The minimum Gasteiger partial charge on any atom is -0.364 e. The predicted octanol–water partition coefficient (Wildman–Crippen LogP) is 2.17. The first-order chi connectivity index (χ1) is 6.72. The molecule has 0 aliphatic heterocycles. The standard InChI is InChI=1S/C9H11BrN2O2/c1-14-6-11-9(13)12-8-4-2-7(10)3-5-8/h2-5H,6H2,1H3,(H2,11,12,13). The molecule has 0 aromatic heterocycles. The molecule has 0 saturated carbocycles. The fraction of sp³-hybridized carbons (Fsp3) is 0.222. The molecule has 0 aliphatic rings. The van der Waals surface area contributed by atoms with Crippen molar-refractivity contribution >= 4 is 27.6 Å². The van der Waals surface area contributed by atoms with Gasteiger partial charge in [-0.25, -0.2) is 4.79 Å². The molecule has 2 amide bonds. The minimum absolute atomic E-state index is 0.197. The lowest BCUT2D eigenvalue weighted by Gasteiger charge is -2.06. The van der Waals surface area contributed by atoms with Crippen molar-refractivity contribution in [3.8, 4) is 0 Å². The van der Waals surface area contributed by atoms with Gasteiger partial charge in [0.1, 0.15) is 6.73 Å². The van der Waals surface area contributed by atoms with Crippen LogP contribution < -0.4 is 10.6 Å². The van der Waals surface area contributed by atoms with E-state index < -0.39 is 0 Å². The third kappa shape index (κ3) is 3.76. The highest BCUT2D eigenvalue weighted by Crippen LogP contribution is 2.13. The van der Waals surface area contributed by atoms with Crippen LogP contribution in [0.3, 0.4) is 0 Å². The fourth-order valence-electron chi connectivity index (χ4n) is 0.846. The Morgan fingerprint density at radius 1 is 1.43 bits per heavy atom. The number of amides is 2. The Hall–Kier alpha value is -1.07. The number of nitrogens with one attached hydrogen (secondary N) is 2. The molecule has 1 aromatic rings. The maximum Gasteiger partial charge on any atom is 0.321 e. The summed E-state index contributed by atoms with van der Waals surface area (Å²) in [5.74, 6) is 0. The van der Waals surface area contributed by atoms with Crippen LogP contribution in [-0.4, -0.2) is 19.9 Å². The van der Waals surface area contributed by atoms with E-state index in [1.807, 2.05) is 12.1 Å².